The Bertz CT molecular complexity index is 5270. The molecule has 0 aromatic heterocycles. The number of benzene rings is 6. The van der Waals surface area contributed by atoms with Crippen LogP contribution in [0.4, 0.5) is 0 Å². The van der Waals surface area contributed by atoms with Gasteiger partial charge in [0.25, 0.3) is 11.8 Å². The van der Waals surface area contributed by atoms with Gasteiger partial charge in [-0.15, -0.1) is 0 Å². The van der Waals surface area contributed by atoms with Gasteiger partial charge in [0, 0.05) is 68.4 Å². The molecular formula is C83H95Cl4N15O26. The zero-order valence-electron chi connectivity index (χ0n) is 69.0. The fraction of sp³-hybridized carbons (Fsp3) is 0.434. The van der Waals surface area contributed by atoms with Crippen LogP contribution in [0.25, 0.3) is 11.1 Å². The number of phenols is 3. The summed E-state index contributed by atoms with van der Waals surface area (Å²) in [6.07, 6.45) is -17.6. The summed E-state index contributed by atoms with van der Waals surface area (Å²) in [7, 11) is 1.47. The Labute approximate surface area is 750 Å². The Morgan fingerprint density at radius 3 is 1.98 bits per heavy atom. The zero-order chi connectivity index (χ0) is 92.6. The van der Waals surface area contributed by atoms with Crippen LogP contribution < -0.4 is 78.7 Å². The summed E-state index contributed by atoms with van der Waals surface area (Å²) in [6.45, 7) is 7.57. The number of hydroxylamine groups is 1. The van der Waals surface area contributed by atoms with E-state index in [9.17, 15) is 69.9 Å². The van der Waals surface area contributed by atoms with Crippen LogP contribution >= 0.6 is 46.4 Å². The van der Waals surface area contributed by atoms with E-state index in [1.165, 1.54) is 25.4 Å². The molecule has 3 fully saturated rings. The van der Waals surface area contributed by atoms with Gasteiger partial charge in [-0.05, 0) is 133 Å². The molecule has 0 unspecified atom stereocenters. The van der Waals surface area contributed by atoms with Gasteiger partial charge in [-0.3, -0.25) is 68.4 Å². The van der Waals surface area contributed by atoms with Crippen molar-refractivity contribution in [2.24, 2.45) is 11.7 Å². The van der Waals surface area contributed by atoms with E-state index in [1.54, 1.807) is 42.4 Å². The summed E-state index contributed by atoms with van der Waals surface area (Å²) in [5.74, 6) is -17.5. The van der Waals surface area contributed by atoms with Gasteiger partial charge >= 0.3 is 0 Å². The van der Waals surface area contributed by atoms with Crippen molar-refractivity contribution in [1.82, 2.24) is 68.7 Å². The first-order valence-electron chi connectivity index (χ1n) is 40.3. The number of primary amides is 1. The average Bonchev–Trinajstić information content (AvgIpc) is 0.761. The Morgan fingerprint density at radius 1 is 0.695 bits per heavy atom. The lowest BCUT2D eigenvalue weighted by Crippen LogP contribution is -2.66. The number of aliphatic hydroxyl groups excluding tert-OH is 6. The molecule has 10 amide bonds. The van der Waals surface area contributed by atoms with E-state index in [0.717, 1.165) is 66.7 Å². The first kappa shape index (κ1) is 96.0. The molecule has 45 heteroatoms. The number of nitrogens with zero attached hydrogens (tertiary/aromatic N) is 3. The van der Waals surface area contributed by atoms with Crippen LogP contribution in [-0.4, -0.2) is 253 Å². The number of amides is 10. The maximum atomic E-state index is 16.4. The molecule has 8 aliphatic rings. The molecule has 0 saturated carbocycles. The minimum atomic E-state index is -2.41. The predicted octanol–water partition coefficient (Wildman–Crippen LogP) is 0.496. The van der Waals surface area contributed by atoms with Crippen molar-refractivity contribution in [3.05, 3.63) is 151 Å². The van der Waals surface area contributed by atoms with Crippen LogP contribution in [0.15, 0.2) is 97.1 Å². The molecule has 41 nitrogen and oxygen atoms in total. The Hall–Kier alpha value is -11.1. The predicted molar refractivity (Wildman–Crippen MR) is 450 cm³/mol. The number of hydrogen-bond donors (Lipinski definition) is 21. The number of carbonyl (C=O) groups excluding carboxylic acids is 10. The number of carbonyl (C=O) groups is 10. The molecule has 6 aromatic rings. The van der Waals surface area contributed by atoms with Crippen molar-refractivity contribution in [3.63, 3.8) is 0 Å². The number of fused-ring (bicyclic) bond motifs is 15. The summed E-state index contributed by atoms with van der Waals surface area (Å²) < 4.78 is 39.6. The van der Waals surface area contributed by atoms with Gasteiger partial charge in [0.1, 0.15) is 95.5 Å². The number of piperazine rings is 1. The van der Waals surface area contributed by atoms with E-state index < -0.39 is 260 Å². The SMILES string of the molecule is CN[C@H](CC(C)C)C(=O)N[C@H]1C(=O)N[C@@H](CC(N)=O)C(=O)N[C@H]2C(=O)N[C@H]3C(=O)N[C@H](C(=O)N[C@@H](C(=O)NOCC(=O)NC#N)c4cc(O)cc(O)c4-c4cc3ccc4O)[C@H](O)c3ccc(c(Cl)c3)Oc3cc2cc(c3O[C@@H]2O[C@H](CO)[C@@H](O)[C@H](O)[C@H]2O[C@H]2C[C@](C)(NCCN3CCN(NC(=O)Cc4ccc(Cl)c(Cl)c4)CC3)[C@H](O)[C@H](C)O2)Oc2ccc(cc2Cl)[C@H]1O. The molecule has 14 rings (SSSR count). The highest BCUT2D eigenvalue weighted by molar-refractivity contribution is 6.42. The van der Waals surface area contributed by atoms with Gasteiger partial charge in [-0.2, -0.15) is 5.26 Å². The topological polar surface area (TPSA) is 606 Å². The molecule has 128 heavy (non-hydrogen) atoms. The second-order valence-corrected chi connectivity index (χ2v) is 33.5. The third kappa shape index (κ3) is 22.4. The van der Waals surface area contributed by atoms with E-state index >= 15 is 24.0 Å². The van der Waals surface area contributed by atoms with Gasteiger partial charge < -0.3 is 123 Å². The van der Waals surface area contributed by atoms with E-state index in [4.69, 9.17) is 90.7 Å². The molecule has 0 aliphatic carbocycles. The number of nitriles is 1. The molecule has 8 heterocycles. The number of nitrogens with one attached hydrogen (secondary N) is 11. The van der Waals surface area contributed by atoms with Gasteiger partial charge in [0.05, 0.1) is 57.8 Å². The maximum Gasteiger partial charge on any atom is 0.270 e. The molecule has 22 N–H and O–H groups in total. The lowest BCUT2D eigenvalue weighted by molar-refractivity contribution is -0.334. The second kappa shape index (κ2) is 41.6. The zero-order valence-corrected chi connectivity index (χ0v) is 72.0. The highest BCUT2D eigenvalue weighted by Gasteiger charge is 2.53. The monoisotopic (exact) mass is 1860 g/mol. The Kier molecular flexibility index (Phi) is 31.2. The normalized spacial score (nSPS) is 26.5. The van der Waals surface area contributed by atoms with Crippen molar-refractivity contribution < 1.29 is 127 Å². The number of phenolic OH excluding ortho intramolecular Hbond substituents is 3. The van der Waals surface area contributed by atoms with Crippen LogP contribution in [-0.2, 0) is 73.4 Å². The number of ether oxygens (including phenoxy) is 6. The molecular weight excluding hydrogens is 1760 g/mol. The van der Waals surface area contributed by atoms with Gasteiger partial charge in [-0.1, -0.05) is 84.5 Å². The van der Waals surface area contributed by atoms with Crippen molar-refractivity contribution in [1.29, 1.82) is 5.26 Å². The summed E-state index contributed by atoms with van der Waals surface area (Å²) in [5.41, 5.74) is 7.01. The third-order valence-corrected chi connectivity index (χ3v) is 23.6. The van der Waals surface area contributed by atoms with Crippen LogP contribution in [0.2, 0.25) is 20.1 Å². The fourth-order valence-electron chi connectivity index (χ4n) is 15.6. The standard InChI is InChI=1S/C83H95Cl4N15O26/c1-35(2)20-49(90-5)75(115)97-66-68(110)39-8-12-53(47(86)24-39)124-55-26-41-27-56(72(55)128-82-73(71(113)70(112)57(32-103)126-82)127-61-31-83(4,74(114)36(3)123-61)92-14-15-101-16-18-102(19-17-101)99-59(108)22-37-6-10-45(84)46(85)21-37)125-54-13-9-40(25-48(54)87)69(111)67-80(120)96-65(81(121)100-122-33-60(109)91-34-88)44-28-42(104)29-52(106)62(44)43-23-38(7-11-51(43)105)63(77(117)98-67)95-78(118)64(41)94-76(116)50(30-58(89)107)93-79(66)119/h6-13,21,23-29,35-36,49-50,57,61,63-71,73-74,82,90,92,103-106,110-114H,14-20,22,30-33H2,1-5H3,(H2,89,107)(H,91,109)(H,93,119)(H,94,116)(H,95,118)(H,96,120)(H,97,115)(H,98,117)(H,99,108)(H,100,121)/t36-,49+,50-,57+,61-,63+,64+,65+,66+,67-,68+,69+,70+,71-,73+,74+,82-,83-/m0/s1. The number of aromatic hydroxyl groups is 3. The van der Waals surface area contributed by atoms with Crippen LogP contribution in [0.1, 0.15) is 111 Å². The van der Waals surface area contributed by atoms with Crippen LogP contribution in [0, 0.1) is 17.4 Å². The molecule has 3 saturated heterocycles. The molecule has 0 spiro atoms. The minimum absolute atomic E-state index is 0.0576. The highest BCUT2D eigenvalue weighted by Crippen LogP contribution is 2.50. The summed E-state index contributed by atoms with van der Waals surface area (Å²) >= 11 is 26.6. The highest BCUT2D eigenvalue weighted by atomic mass is 35.5. The van der Waals surface area contributed by atoms with Gasteiger partial charge in [0.15, 0.2) is 36.7 Å². The molecule has 8 aliphatic heterocycles. The van der Waals surface area contributed by atoms with Crippen LogP contribution in [0.3, 0.4) is 0 Å². The van der Waals surface area contributed by atoms with E-state index in [1.807, 2.05) is 19.3 Å². The summed E-state index contributed by atoms with van der Waals surface area (Å²) in [5, 5.41) is 140. The fourth-order valence-corrected chi connectivity index (χ4v) is 16.4. The molecule has 18 atom stereocenters. The van der Waals surface area contributed by atoms with E-state index in [0.29, 0.717) is 48.3 Å². The average molecular weight is 1860 g/mol. The Balaban J connectivity index is 0.982. The van der Waals surface area contributed by atoms with E-state index in [2.05, 4.69) is 52.9 Å². The minimum Gasteiger partial charge on any atom is -0.508 e. The van der Waals surface area contributed by atoms with Crippen molar-refractivity contribution >= 4 is 105 Å². The van der Waals surface area contributed by atoms with Gasteiger partial charge in [-0.25, -0.2) is 10.5 Å². The number of hydrogen-bond acceptors (Lipinski definition) is 31. The second-order valence-electron chi connectivity index (χ2n) is 31.9. The van der Waals surface area contributed by atoms with Crippen LogP contribution in [0.5, 0.6) is 46.0 Å². The third-order valence-electron chi connectivity index (χ3n) is 22.3. The molecule has 0 radical (unpaired) electrons. The lowest BCUT2D eigenvalue weighted by Gasteiger charge is -2.48. The van der Waals surface area contributed by atoms with Crippen molar-refractivity contribution in [2.45, 2.75) is 163 Å². The van der Waals surface area contributed by atoms with Gasteiger partial charge in [0.2, 0.25) is 59.3 Å². The quantitative estimate of drug-likeness (QED) is 0.0236. The summed E-state index contributed by atoms with van der Waals surface area (Å²) in [6, 6.07) is 3.81. The molecule has 6 aromatic carbocycles. The number of likely N-dealkylation sites (N-methyl/N-ethyl adjacent to an activating group) is 1. The first-order chi connectivity index (χ1) is 60.8. The largest absolute Gasteiger partial charge is 0.508 e. The number of aliphatic hydroxyl groups is 6. The number of hydrazine groups is 1. The maximum absolute atomic E-state index is 16.4. The molecule has 11 bridgehead atoms. The first-order valence-corrected chi connectivity index (χ1v) is 41.8. The summed E-state index contributed by atoms with van der Waals surface area (Å²) in [4.78, 5) is 153. The molecule has 686 valence electrons. The Morgan fingerprint density at radius 2 is 1.34 bits per heavy atom. The number of nitrogens with two attached hydrogens (primary N) is 1. The number of halogens is 4. The lowest BCUT2D eigenvalue weighted by atomic mass is 9.85. The van der Waals surface area contributed by atoms with E-state index in [-0.39, 0.29) is 54.5 Å². The number of rotatable bonds is 23. The van der Waals surface area contributed by atoms with Crippen molar-refractivity contribution in [3.8, 4) is 63.3 Å². The van der Waals surface area contributed by atoms with Crippen molar-refractivity contribution in [2.75, 3.05) is 59.5 Å². The smallest absolute Gasteiger partial charge is 0.270 e.